The molecule has 32 heavy (non-hydrogen) atoms. The summed E-state index contributed by atoms with van der Waals surface area (Å²) in [6.07, 6.45) is 2.00. The van der Waals surface area contributed by atoms with Gasteiger partial charge < -0.3 is 9.84 Å². The van der Waals surface area contributed by atoms with Crippen molar-refractivity contribution < 1.29 is 22.1 Å². The standard InChI is InChI=1S/C21H20ClFN4O4S/c1-11-3-4-14(19-25-21(31-26-19)13-5-6-13)9-18(11)32(29,30)27-12(2)20(28)24-17-8-7-15(23)10-16(17)22/h3-4,7-10,12-13,27H,5-6H2,1-2H3,(H,24,28)/t12-/m1/s1. The van der Waals surface area contributed by atoms with E-state index >= 15 is 0 Å². The average Bonchev–Trinajstić information content (AvgIpc) is 3.47. The van der Waals surface area contributed by atoms with E-state index in [0.717, 1.165) is 25.0 Å². The summed E-state index contributed by atoms with van der Waals surface area (Å²) in [5.41, 5.74) is 1.15. The number of anilines is 1. The van der Waals surface area contributed by atoms with Crippen LogP contribution in [0.5, 0.6) is 0 Å². The summed E-state index contributed by atoms with van der Waals surface area (Å²) in [4.78, 5) is 16.8. The van der Waals surface area contributed by atoms with Crippen LogP contribution in [0.3, 0.4) is 0 Å². The van der Waals surface area contributed by atoms with Crippen LogP contribution in [0.1, 0.15) is 37.1 Å². The van der Waals surface area contributed by atoms with E-state index in [-0.39, 0.29) is 21.5 Å². The molecule has 1 amide bonds. The van der Waals surface area contributed by atoms with E-state index in [1.807, 2.05) is 0 Å². The Balaban J connectivity index is 1.52. The van der Waals surface area contributed by atoms with E-state index < -0.39 is 27.8 Å². The first kappa shape index (κ1) is 22.4. The summed E-state index contributed by atoms with van der Waals surface area (Å²) in [6.45, 7) is 3.04. The van der Waals surface area contributed by atoms with E-state index in [9.17, 15) is 17.6 Å². The number of carbonyl (C=O) groups excluding carboxylic acids is 1. The number of rotatable bonds is 7. The summed E-state index contributed by atoms with van der Waals surface area (Å²) >= 11 is 5.92. The molecule has 1 fully saturated rings. The van der Waals surface area contributed by atoms with Crippen LogP contribution in [0.15, 0.2) is 45.8 Å². The predicted molar refractivity (Wildman–Crippen MR) is 116 cm³/mol. The first-order chi connectivity index (χ1) is 15.1. The monoisotopic (exact) mass is 478 g/mol. The minimum Gasteiger partial charge on any atom is -0.339 e. The molecule has 0 unspecified atom stereocenters. The van der Waals surface area contributed by atoms with Crippen molar-refractivity contribution in [1.29, 1.82) is 0 Å². The van der Waals surface area contributed by atoms with Gasteiger partial charge in [0.1, 0.15) is 5.82 Å². The third-order valence-electron chi connectivity index (χ3n) is 5.02. The maximum atomic E-state index is 13.2. The van der Waals surface area contributed by atoms with Gasteiger partial charge in [-0.15, -0.1) is 0 Å². The Labute approximate surface area is 189 Å². The fourth-order valence-electron chi connectivity index (χ4n) is 3.06. The third kappa shape index (κ3) is 4.82. The van der Waals surface area contributed by atoms with Crippen LogP contribution >= 0.6 is 11.6 Å². The zero-order chi connectivity index (χ0) is 23.0. The van der Waals surface area contributed by atoms with Gasteiger partial charge in [-0.3, -0.25) is 4.79 Å². The average molecular weight is 479 g/mol. The molecule has 0 radical (unpaired) electrons. The number of aromatic nitrogens is 2. The number of hydrogen-bond acceptors (Lipinski definition) is 6. The number of benzene rings is 2. The van der Waals surface area contributed by atoms with Gasteiger partial charge in [0.25, 0.3) is 0 Å². The summed E-state index contributed by atoms with van der Waals surface area (Å²) in [7, 11) is -4.06. The van der Waals surface area contributed by atoms with Crippen molar-refractivity contribution in [3.63, 3.8) is 0 Å². The van der Waals surface area contributed by atoms with Crippen molar-refractivity contribution >= 4 is 33.2 Å². The molecule has 3 aromatic rings. The first-order valence-electron chi connectivity index (χ1n) is 9.87. The van der Waals surface area contributed by atoms with Crippen LogP contribution in [-0.2, 0) is 14.8 Å². The quantitative estimate of drug-likeness (QED) is 0.530. The van der Waals surface area contributed by atoms with Crippen LogP contribution in [0.4, 0.5) is 10.1 Å². The molecule has 0 bridgehead atoms. The molecule has 1 aromatic heterocycles. The number of aryl methyl sites for hydroxylation is 1. The van der Waals surface area contributed by atoms with E-state index in [2.05, 4.69) is 20.2 Å². The summed E-state index contributed by atoms with van der Waals surface area (Å²) in [6, 6.07) is 7.15. The molecule has 8 nitrogen and oxygen atoms in total. The minimum atomic E-state index is -4.06. The Hall–Kier alpha value is -2.82. The smallest absolute Gasteiger partial charge is 0.242 e. The molecule has 0 saturated heterocycles. The highest BCUT2D eigenvalue weighted by Gasteiger charge is 2.30. The summed E-state index contributed by atoms with van der Waals surface area (Å²) in [5.74, 6) is -0.0698. The molecule has 4 rings (SSSR count). The van der Waals surface area contributed by atoms with Crippen molar-refractivity contribution in [2.45, 2.75) is 43.5 Å². The number of halogens is 2. The fourth-order valence-corrected chi connectivity index (χ4v) is 4.75. The molecule has 2 N–H and O–H groups in total. The Morgan fingerprint density at radius 2 is 2.00 bits per heavy atom. The van der Waals surface area contributed by atoms with Gasteiger partial charge in [-0.05, 0) is 56.5 Å². The van der Waals surface area contributed by atoms with Crippen molar-refractivity contribution in [2.75, 3.05) is 5.32 Å². The SMILES string of the molecule is Cc1ccc(-c2noc(C3CC3)n2)cc1S(=O)(=O)N[C@H](C)C(=O)Nc1ccc(F)cc1Cl. The fraction of sp³-hybridized carbons (Fsp3) is 0.286. The zero-order valence-corrected chi connectivity index (χ0v) is 18.8. The number of amides is 1. The molecule has 1 aliphatic rings. The summed E-state index contributed by atoms with van der Waals surface area (Å²) in [5, 5.41) is 6.43. The lowest BCUT2D eigenvalue weighted by Gasteiger charge is -2.16. The second-order valence-electron chi connectivity index (χ2n) is 7.67. The van der Waals surface area contributed by atoms with Gasteiger partial charge >= 0.3 is 0 Å². The Morgan fingerprint density at radius 3 is 2.69 bits per heavy atom. The van der Waals surface area contributed by atoms with Crippen LogP contribution in [0.25, 0.3) is 11.4 Å². The lowest BCUT2D eigenvalue weighted by atomic mass is 10.1. The van der Waals surface area contributed by atoms with Crippen LogP contribution in [0, 0.1) is 12.7 Å². The lowest BCUT2D eigenvalue weighted by molar-refractivity contribution is -0.117. The van der Waals surface area contributed by atoms with Gasteiger partial charge in [0.05, 0.1) is 21.6 Å². The van der Waals surface area contributed by atoms with E-state index in [4.69, 9.17) is 16.1 Å². The number of nitrogens with one attached hydrogen (secondary N) is 2. The number of hydrogen-bond donors (Lipinski definition) is 2. The molecular formula is C21H20ClFN4O4S. The molecular weight excluding hydrogens is 459 g/mol. The highest BCUT2D eigenvalue weighted by molar-refractivity contribution is 7.89. The van der Waals surface area contributed by atoms with Gasteiger partial charge in [-0.1, -0.05) is 28.9 Å². The maximum Gasteiger partial charge on any atom is 0.242 e. The molecule has 1 heterocycles. The molecule has 1 saturated carbocycles. The maximum absolute atomic E-state index is 13.2. The normalized spacial score (nSPS) is 14.9. The largest absolute Gasteiger partial charge is 0.339 e. The zero-order valence-electron chi connectivity index (χ0n) is 17.2. The van der Waals surface area contributed by atoms with Crippen molar-refractivity contribution in [3.05, 3.63) is 58.7 Å². The lowest BCUT2D eigenvalue weighted by Crippen LogP contribution is -2.41. The van der Waals surface area contributed by atoms with Gasteiger partial charge in [0.15, 0.2) is 0 Å². The topological polar surface area (TPSA) is 114 Å². The number of sulfonamides is 1. The number of carbonyl (C=O) groups is 1. The van der Waals surface area contributed by atoms with Gasteiger partial charge in [-0.2, -0.15) is 9.71 Å². The van der Waals surface area contributed by atoms with Gasteiger partial charge in [0.2, 0.25) is 27.6 Å². The Kier molecular flexibility index (Phi) is 6.02. The third-order valence-corrected chi connectivity index (χ3v) is 7.01. The molecule has 1 aliphatic carbocycles. The number of nitrogens with zero attached hydrogens (tertiary/aromatic N) is 2. The molecule has 0 spiro atoms. The van der Waals surface area contributed by atoms with E-state index in [0.29, 0.717) is 22.8 Å². The van der Waals surface area contributed by atoms with E-state index in [1.165, 1.54) is 19.1 Å². The van der Waals surface area contributed by atoms with Crippen molar-refractivity contribution in [3.8, 4) is 11.4 Å². The second-order valence-corrected chi connectivity index (χ2v) is 9.76. The Morgan fingerprint density at radius 1 is 1.25 bits per heavy atom. The highest BCUT2D eigenvalue weighted by Crippen LogP contribution is 2.39. The van der Waals surface area contributed by atoms with Crippen molar-refractivity contribution in [1.82, 2.24) is 14.9 Å². The summed E-state index contributed by atoms with van der Waals surface area (Å²) < 4.78 is 46.8. The molecule has 168 valence electrons. The highest BCUT2D eigenvalue weighted by atomic mass is 35.5. The molecule has 11 heteroatoms. The molecule has 1 atom stereocenters. The molecule has 2 aromatic carbocycles. The first-order valence-corrected chi connectivity index (χ1v) is 11.7. The van der Waals surface area contributed by atoms with E-state index in [1.54, 1.807) is 19.1 Å². The van der Waals surface area contributed by atoms with Crippen molar-refractivity contribution in [2.24, 2.45) is 0 Å². The van der Waals surface area contributed by atoms with Crippen LogP contribution in [0.2, 0.25) is 5.02 Å². The second kappa shape index (κ2) is 8.61. The Bertz CT molecular complexity index is 1290. The van der Waals surface area contributed by atoms with Crippen LogP contribution in [-0.4, -0.2) is 30.5 Å². The minimum absolute atomic E-state index is 0.00244. The van der Waals surface area contributed by atoms with Gasteiger partial charge in [-0.25, -0.2) is 12.8 Å². The molecule has 0 aliphatic heterocycles. The predicted octanol–water partition coefficient (Wildman–Crippen LogP) is 4.02. The van der Waals surface area contributed by atoms with Gasteiger partial charge in [0, 0.05) is 11.5 Å². The van der Waals surface area contributed by atoms with Crippen LogP contribution < -0.4 is 10.0 Å².